The lowest BCUT2D eigenvalue weighted by Gasteiger charge is -2.28. The van der Waals surface area contributed by atoms with Crippen molar-refractivity contribution in [1.82, 2.24) is 5.32 Å². The lowest BCUT2D eigenvalue weighted by Crippen LogP contribution is -2.26. The molecular formula is C20H18N2O2S. The van der Waals surface area contributed by atoms with Gasteiger partial charge >= 0.3 is 0 Å². The van der Waals surface area contributed by atoms with Gasteiger partial charge in [0.2, 0.25) is 0 Å². The number of nitrogens with one attached hydrogen (secondary N) is 1. The van der Waals surface area contributed by atoms with Crippen LogP contribution in [0.15, 0.2) is 75.2 Å². The van der Waals surface area contributed by atoms with E-state index >= 15 is 0 Å². The maximum Gasteiger partial charge on any atom is 0.158 e. The van der Waals surface area contributed by atoms with E-state index in [1.807, 2.05) is 31.2 Å². The van der Waals surface area contributed by atoms with Gasteiger partial charge in [-0.1, -0.05) is 30.3 Å². The maximum absolute atomic E-state index is 12.2. The molecule has 0 fully saturated rings. The summed E-state index contributed by atoms with van der Waals surface area (Å²) in [5.74, 6) is 0.312. The number of allylic oxidation sites excluding steroid dienone is 3. The minimum Gasteiger partial charge on any atom is -0.472 e. The molecule has 1 aliphatic rings. The Morgan fingerprint density at radius 1 is 1.32 bits per heavy atom. The van der Waals surface area contributed by atoms with Gasteiger partial charge < -0.3 is 9.73 Å². The van der Waals surface area contributed by atoms with Crippen molar-refractivity contribution in [3.8, 4) is 6.07 Å². The fourth-order valence-corrected chi connectivity index (χ4v) is 4.04. The number of thioether (sulfide) groups is 1. The van der Waals surface area contributed by atoms with E-state index in [4.69, 9.17) is 4.42 Å². The Balaban J connectivity index is 1.98. The Bertz CT molecular complexity index is 874. The van der Waals surface area contributed by atoms with Gasteiger partial charge in [-0.15, -0.1) is 11.8 Å². The summed E-state index contributed by atoms with van der Waals surface area (Å²) in [6.07, 6.45) is 3.17. The van der Waals surface area contributed by atoms with E-state index in [1.54, 1.807) is 24.3 Å². The summed E-state index contributed by atoms with van der Waals surface area (Å²) in [6, 6.07) is 14.2. The van der Waals surface area contributed by atoms with Gasteiger partial charge in [-0.05, 0) is 25.5 Å². The first kappa shape index (κ1) is 17.1. The van der Waals surface area contributed by atoms with Gasteiger partial charge in [0.1, 0.15) is 0 Å². The van der Waals surface area contributed by atoms with Crippen molar-refractivity contribution in [3.05, 3.63) is 81.9 Å². The Morgan fingerprint density at radius 2 is 2.08 bits per heavy atom. The molecule has 0 saturated heterocycles. The molecular weight excluding hydrogens is 332 g/mol. The first-order chi connectivity index (χ1) is 12.1. The normalized spacial score (nSPS) is 17.2. The first-order valence-corrected chi connectivity index (χ1v) is 8.92. The van der Waals surface area contributed by atoms with Gasteiger partial charge in [0.05, 0.1) is 35.1 Å². The van der Waals surface area contributed by atoms with Crippen LogP contribution in [-0.4, -0.2) is 5.78 Å². The van der Waals surface area contributed by atoms with Crippen LogP contribution in [-0.2, 0) is 10.5 Å². The summed E-state index contributed by atoms with van der Waals surface area (Å²) >= 11 is 1.57. The number of carbonyl (C=O) groups excluding carboxylic acids is 1. The molecule has 3 rings (SSSR count). The molecule has 0 radical (unpaired) electrons. The molecule has 0 amide bonds. The van der Waals surface area contributed by atoms with E-state index in [-0.39, 0.29) is 11.7 Å². The monoisotopic (exact) mass is 350 g/mol. The van der Waals surface area contributed by atoms with Crippen molar-refractivity contribution in [1.29, 1.82) is 5.26 Å². The molecule has 1 N–H and O–H groups in total. The highest BCUT2D eigenvalue weighted by Gasteiger charge is 2.33. The van der Waals surface area contributed by atoms with E-state index in [0.29, 0.717) is 11.1 Å². The molecule has 1 atom stereocenters. The number of ketones is 1. The Labute approximate surface area is 151 Å². The van der Waals surface area contributed by atoms with Crippen molar-refractivity contribution in [2.75, 3.05) is 0 Å². The zero-order valence-electron chi connectivity index (χ0n) is 14.1. The van der Waals surface area contributed by atoms with Gasteiger partial charge in [0, 0.05) is 22.6 Å². The van der Waals surface area contributed by atoms with Crippen LogP contribution >= 0.6 is 11.8 Å². The highest BCUT2D eigenvalue weighted by atomic mass is 32.2. The number of hydrogen-bond donors (Lipinski definition) is 1. The summed E-state index contributed by atoms with van der Waals surface area (Å²) in [5, 5.41) is 13.8. The molecule has 0 aliphatic carbocycles. The van der Waals surface area contributed by atoms with Gasteiger partial charge in [-0.25, -0.2) is 0 Å². The summed E-state index contributed by atoms with van der Waals surface area (Å²) < 4.78 is 5.20. The van der Waals surface area contributed by atoms with Crippen molar-refractivity contribution >= 4 is 17.5 Å². The van der Waals surface area contributed by atoms with Crippen molar-refractivity contribution in [2.45, 2.75) is 25.5 Å². The molecule has 4 nitrogen and oxygen atoms in total. The predicted octanol–water partition coefficient (Wildman–Crippen LogP) is 4.50. The minimum absolute atomic E-state index is 0.0453. The number of rotatable bonds is 5. The molecule has 25 heavy (non-hydrogen) atoms. The second-order valence-corrected chi connectivity index (χ2v) is 6.82. The summed E-state index contributed by atoms with van der Waals surface area (Å²) in [5.41, 5.74) is 3.95. The summed E-state index contributed by atoms with van der Waals surface area (Å²) in [4.78, 5) is 12.2. The third-order valence-corrected chi connectivity index (χ3v) is 5.22. The van der Waals surface area contributed by atoms with E-state index in [0.717, 1.165) is 22.0 Å². The summed E-state index contributed by atoms with van der Waals surface area (Å²) in [6.45, 7) is 3.41. The van der Waals surface area contributed by atoms with Gasteiger partial charge in [0.25, 0.3) is 0 Å². The molecule has 0 bridgehead atoms. The fourth-order valence-electron chi connectivity index (χ4n) is 3.00. The number of dihydropyridines is 1. The second kappa shape index (κ2) is 7.45. The highest BCUT2D eigenvalue weighted by molar-refractivity contribution is 8.02. The third kappa shape index (κ3) is 3.54. The molecule has 0 saturated carbocycles. The van der Waals surface area contributed by atoms with Crippen molar-refractivity contribution < 1.29 is 9.21 Å². The zero-order valence-corrected chi connectivity index (χ0v) is 14.9. The summed E-state index contributed by atoms with van der Waals surface area (Å²) in [7, 11) is 0. The first-order valence-electron chi connectivity index (χ1n) is 7.93. The number of Topliss-reactive ketones (excluding diaryl/α,β-unsaturated/α-hetero) is 1. The number of nitriles is 1. The molecule has 2 heterocycles. The lowest BCUT2D eigenvalue weighted by atomic mass is 9.82. The van der Waals surface area contributed by atoms with Crippen molar-refractivity contribution in [3.63, 3.8) is 0 Å². The average molecular weight is 350 g/mol. The topological polar surface area (TPSA) is 66.0 Å². The van der Waals surface area contributed by atoms with Gasteiger partial charge in [-0.2, -0.15) is 5.26 Å². The number of carbonyl (C=O) groups is 1. The second-order valence-electron chi connectivity index (χ2n) is 5.84. The smallest absolute Gasteiger partial charge is 0.158 e. The number of hydrogen-bond acceptors (Lipinski definition) is 5. The maximum atomic E-state index is 12.2. The average Bonchev–Trinajstić information content (AvgIpc) is 3.14. The van der Waals surface area contributed by atoms with Crippen LogP contribution in [0.25, 0.3) is 0 Å². The van der Waals surface area contributed by atoms with E-state index in [1.165, 1.54) is 12.5 Å². The molecule has 1 unspecified atom stereocenters. The van der Waals surface area contributed by atoms with Crippen LogP contribution in [0.4, 0.5) is 0 Å². The lowest BCUT2D eigenvalue weighted by molar-refractivity contribution is -0.113. The Morgan fingerprint density at radius 3 is 2.68 bits per heavy atom. The number of nitrogens with zero attached hydrogens (tertiary/aromatic N) is 1. The SMILES string of the molecule is CC(=O)C1=C(C)NC(SCc2ccccc2)=C(C#N)C1c1ccoc1. The molecule has 0 spiro atoms. The van der Waals surface area contributed by atoms with E-state index < -0.39 is 0 Å². The van der Waals surface area contributed by atoms with Gasteiger partial charge in [0.15, 0.2) is 5.78 Å². The Kier molecular flexibility index (Phi) is 5.11. The van der Waals surface area contributed by atoms with Gasteiger partial charge in [-0.3, -0.25) is 4.79 Å². The Hall–Kier alpha value is -2.71. The molecule has 126 valence electrons. The van der Waals surface area contributed by atoms with E-state index in [9.17, 15) is 10.1 Å². The predicted molar refractivity (Wildman–Crippen MR) is 98.3 cm³/mol. The van der Waals surface area contributed by atoms with Crippen molar-refractivity contribution in [2.24, 2.45) is 0 Å². The van der Waals surface area contributed by atoms with E-state index in [2.05, 4.69) is 23.5 Å². The molecule has 5 heteroatoms. The zero-order chi connectivity index (χ0) is 17.8. The van der Waals surface area contributed by atoms with Crippen LogP contribution in [0.2, 0.25) is 0 Å². The van der Waals surface area contributed by atoms with Crippen LogP contribution in [0.1, 0.15) is 30.9 Å². The van der Waals surface area contributed by atoms with Crippen LogP contribution in [0.3, 0.4) is 0 Å². The molecule has 1 aromatic carbocycles. The molecule has 2 aromatic rings. The highest BCUT2D eigenvalue weighted by Crippen LogP contribution is 2.41. The largest absolute Gasteiger partial charge is 0.472 e. The van der Waals surface area contributed by atoms with Crippen LogP contribution in [0.5, 0.6) is 0 Å². The fraction of sp³-hybridized carbons (Fsp3) is 0.200. The number of benzene rings is 1. The molecule has 1 aliphatic heterocycles. The quantitative estimate of drug-likeness (QED) is 0.860. The molecule has 1 aromatic heterocycles. The van der Waals surface area contributed by atoms with Crippen LogP contribution in [0, 0.1) is 11.3 Å². The van der Waals surface area contributed by atoms with Crippen LogP contribution < -0.4 is 5.32 Å². The third-order valence-electron chi connectivity index (χ3n) is 4.13. The minimum atomic E-state index is -0.388. The number of furan rings is 1. The standard InChI is InChI=1S/C20H18N2O2S/c1-13-18(14(2)23)19(16-8-9-24-11-16)17(10-21)20(22-13)25-12-15-6-4-3-5-7-15/h3-9,11,19,22H,12H2,1-2H3.